The fraction of sp³-hybridized carbons (Fsp3) is 0.111. The summed E-state index contributed by atoms with van der Waals surface area (Å²) in [7, 11) is 0. The molecule has 6 nitrogen and oxygen atoms in total. The zero-order valence-corrected chi connectivity index (χ0v) is 15.3. The minimum atomic E-state index is -0.267. The molecule has 3 aromatic rings. The Bertz CT molecular complexity index is 1110. The van der Waals surface area contributed by atoms with Crippen LogP contribution in [-0.4, -0.2) is 26.5 Å². The fourth-order valence-corrected chi connectivity index (χ4v) is 3.70. The molecule has 2 heterocycles. The Balaban J connectivity index is 1.85. The first kappa shape index (κ1) is 16.8. The van der Waals surface area contributed by atoms with E-state index in [2.05, 4.69) is 10.1 Å². The number of aryl methyl sites for hydroxylation is 1. The van der Waals surface area contributed by atoms with Crippen molar-refractivity contribution in [3.05, 3.63) is 69.7 Å². The summed E-state index contributed by atoms with van der Waals surface area (Å²) in [5.74, 6) is 0.615. The molecule has 0 radical (unpaired) electrons. The molecule has 130 valence electrons. The summed E-state index contributed by atoms with van der Waals surface area (Å²) in [5.41, 5.74) is 1.01. The molecular weight excluding hydrogens is 372 g/mol. The number of para-hydroxylation sites is 1. The average molecular weight is 385 g/mol. The summed E-state index contributed by atoms with van der Waals surface area (Å²) in [6, 6.07) is 14.0. The third kappa shape index (κ3) is 2.89. The first-order valence-corrected chi connectivity index (χ1v) is 9.19. The molecule has 2 aromatic carbocycles. The number of aromatic nitrogens is 2. The minimum absolute atomic E-state index is 0.101. The summed E-state index contributed by atoms with van der Waals surface area (Å²) >= 11 is 7.21. The van der Waals surface area contributed by atoms with E-state index < -0.39 is 0 Å². The topological polar surface area (TPSA) is 67.6 Å². The Hall–Kier alpha value is -2.64. The van der Waals surface area contributed by atoms with E-state index in [0.29, 0.717) is 32.6 Å². The van der Waals surface area contributed by atoms with Crippen LogP contribution in [0.1, 0.15) is 5.82 Å². The Morgan fingerprint density at radius 2 is 1.85 bits per heavy atom. The zero-order chi connectivity index (χ0) is 18.3. The lowest BCUT2D eigenvalue weighted by Crippen LogP contribution is -2.31. The van der Waals surface area contributed by atoms with E-state index in [0.717, 1.165) is 0 Å². The van der Waals surface area contributed by atoms with Crippen molar-refractivity contribution in [1.29, 1.82) is 0 Å². The van der Waals surface area contributed by atoms with Gasteiger partial charge in [0.15, 0.2) is 5.17 Å². The molecule has 1 aliphatic heterocycles. The number of halogens is 1. The largest absolute Gasteiger partial charge is 0.282 e. The van der Waals surface area contributed by atoms with Crippen molar-refractivity contribution in [3.8, 4) is 0 Å². The summed E-state index contributed by atoms with van der Waals surface area (Å²) in [5, 5.41) is 5.92. The van der Waals surface area contributed by atoms with Crippen LogP contribution >= 0.6 is 23.4 Å². The summed E-state index contributed by atoms with van der Waals surface area (Å²) in [6.45, 7) is 1.71. The molecule has 8 heteroatoms. The quantitative estimate of drug-likeness (QED) is 0.680. The molecule has 0 atom stereocenters. The highest BCUT2D eigenvalue weighted by atomic mass is 35.5. The van der Waals surface area contributed by atoms with Crippen molar-refractivity contribution < 1.29 is 4.79 Å². The zero-order valence-electron chi connectivity index (χ0n) is 13.7. The third-order valence-electron chi connectivity index (χ3n) is 3.95. The molecule has 0 aliphatic carbocycles. The van der Waals surface area contributed by atoms with Crippen LogP contribution in [0.15, 0.2) is 58.4 Å². The minimum Gasteiger partial charge on any atom is -0.273 e. The van der Waals surface area contributed by atoms with Crippen molar-refractivity contribution >= 4 is 51.0 Å². The maximum atomic E-state index is 12.8. The number of amides is 1. The highest BCUT2D eigenvalue weighted by molar-refractivity contribution is 8.15. The molecule has 0 spiro atoms. The number of fused-ring (bicyclic) bond motifs is 1. The number of anilines is 1. The number of nitrogens with zero attached hydrogens (tertiary/aromatic N) is 4. The Kier molecular flexibility index (Phi) is 4.26. The predicted octanol–water partition coefficient (Wildman–Crippen LogP) is 3.26. The highest BCUT2D eigenvalue weighted by Crippen LogP contribution is 2.27. The number of hydrogen-bond acceptors (Lipinski definition) is 5. The lowest BCUT2D eigenvalue weighted by atomic mass is 10.2. The van der Waals surface area contributed by atoms with E-state index in [1.54, 1.807) is 49.4 Å². The first-order valence-electron chi connectivity index (χ1n) is 7.83. The number of rotatable bonds is 2. The summed E-state index contributed by atoms with van der Waals surface area (Å²) in [6.07, 6.45) is 0. The molecular formula is C18H13ClN4O2S. The van der Waals surface area contributed by atoms with E-state index in [4.69, 9.17) is 11.6 Å². The van der Waals surface area contributed by atoms with E-state index in [9.17, 15) is 9.59 Å². The lowest BCUT2D eigenvalue weighted by molar-refractivity contribution is -0.115. The third-order valence-corrected chi connectivity index (χ3v) is 5.12. The van der Waals surface area contributed by atoms with Gasteiger partial charge < -0.3 is 0 Å². The van der Waals surface area contributed by atoms with Gasteiger partial charge in [0.25, 0.3) is 5.56 Å². The number of thioether (sulfide) groups is 1. The van der Waals surface area contributed by atoms with Crippen molar-refractivity contribution in [1.82, 2.24) is 9.66 Å². The van der Waals surface area contributed by atoms with Crippen LogP contribution in [0.25, 0.3) is 10.9 Å². The Labute approximate surface area is 158 Å². The van der Waals surface area contributed by atoms with E-state index in [-0.39, 0.29) is 17.2 Å². The number of benzene rings is 2. The molecule has 4 rings (SSSR count). The highest BCUT2D eigenvalue weighted by Gasteiger charge is 2.30. The van der Waals surface area contributed by atoms with E-state index in [1.807, 2.05) is 6.07 Å². The van der Waals surface area contributed by atoms with Gasteiger partial charge in [-0.2, -0.15) is 4.68 Å². The van der Waals surface area contributed by atoms with Gasteiger partial charge in [-0.25, -0.2) is 4.98 Å². The van der Waals surface area contributed by atoms with Gasteiger partial charge in [0.05, 0.1) is 22.3 Å². The van der Waals surface area contributed by atoms with Gasteiger partial charge in [0.1, 0.15) is 5.82 Å². The van der Waals surface area contributed by atoms with Gasteiger partial charge in [-0.05, 0) is 43.3 Å². The van der Waals surface area contributed by atoms with Crippen LogP contribution in [-0.2, 0) is 4.79 Å². The van der Waals surface area contributed by atoms with E-state index >= 15 is 0 Å². The molecule has 26 heavy (non-hydrogen) atoms. The van der Waals surface area contributed by atoms with Crippen LogP contribution in [0.4, 0.5) is 5.69 Å². The molecule has 1 aliphatic rings. The summed E-state index contributed by atoms with van der Waals surface area (Å²) < 4.78 is 1.24. The van der Waals surface area contributed by atoms with Crippen LogP contribution in [0.5, 0.6) is 0 Å². The second-order valence-corrected chi connectivity index (χ2v) is 7.05. The normalized spacial score (nSPS) is 16.0. The second-order valence-electron chi connectivity index (χ2n) is 5.67. The molecule has 1 saturated heterocycles. The smallest absolute Gasteiger partial charge is 0.273 e. The Morgan fingerprint density at radius 1 is 1.12 bits per heavy atom. The van der Waals surface area contributed by atoms with E-state index in [1.165, 1.54) is 21.3 Å². The lowest BCUT2D eigenvalue weighted by Gasteiger charge is -2.16. The standard InChI is InChI=1S/C18H13ClN4O2S/c1-11-20-15-5-3-2-4-14(15)17(25)23(11)21-18-22(16(24)10-26-18)13-8-6-12(19)7-9-13/h2-9H,10H2,1H3/b21-18+. The van der Waals surface area contributed by atoms with Crippen molar-refractivity contribution in [2.75, 3.05) is 10.7 Å². The predicted molar refractivity (Wildman–Crippen MR) is 105 cm³/mol. The molecule has 0 unspecified atom stereocenters. The molecule has 0 saturated carbocycles. The number of carbonyl (C=O) groups is 1. The monoisotopic (exact) mass is 384 g/mol. The molecule has 1 amide bonds. The van der Waals surface area contributed by atoms with Crippen molar-refractivity contribution in [2.45, 2.75) is 6.92 Å². The fourth-order valence-electron chi connectivity index (χ4n) is 2.72. The second kappa shape index (κ2) is 6.59. The number of carbonyl (C=O) groups excluding carboxylic acids is 1. The van der Waals surface area contributed by atoms with Gasteiger partial charge in [-0.1, -0.05) is 35.5 Å². The van der Waals surface area contributed by atoms with Gasteiger partial charge in [-0.15, -0.1) is 5.10 Å². The maximum absolute atomic E-state index is 12.8. The van der Waals surface area contributed by atoms with Gasteiger partial charge >= 0.3 is 0 Å². The number of hydrogen-bond donors (Lipinski definition) is 0. The molecule has 1 aromatic heterocycles. The average Bonchev–Trinajstić information content (AvgIpc) is 3.00. The first-order chi connectivity index (χ1) is 12.5. The molecule has 0 bridgehead atoms. The SMILES string of the molecule is Cc1nc2ccccc2c(=O)n1/N=C1/SCC(=O)N1c1ccc(Cl)cc1. The van der Waals surface area contributed by atoms with Crippen LogP contribution in [0.2, 0.25) is 5.02 Å². The van der Waals surface area contributed by atoms with Crippen LogP contribution in [0, 0.1) is 6.92 Å². The van der Waals surface area contributed by atoms with Crippen LogP contribution < -0.4 is 10.5 Å². The number of amidine groups is 1. The van der Waals surface area contributed by atoms with Crippen molar-refractivity contribution in [2.24, 2.45) is 5.10 Å². The maximum Gasteiger partial charge on any atom is 0.282 e. The van der Waals surface area contributed by atoms with Gasteiger partial charge in [0.2, 0.25) is 5.91 Å². The molecule has 1 fully saturated rings. The van der Waals surface area contributed by atoms with Crippen molar-refractivity contribution in [3.63, 3.8) is 0 Å². The van der Waals surface area contributed by atoms with Crippen LogP contribution in [0.3, 0.4) is 0 Å². The van der Waals surface area contributed by atoms with Gasteiger partial charge in [-0.3, -0.25) is 14.5 Å². The molecule has 0 N–H and O–H groups in total. The Morgan fingerprint density at radius 3 is 2.62 bits per heavy atom. The van der Waals surface area contributed by atoms with Gasteiger partial charge in [0, 0.05) is 5.02 Å². The summed E-state index contributed by atoms with van der Waals surface area (Å²) in [4.78, 5) is 31.0.